The number of rotatable bonds is 1. The fourth-order valence-corrected chi connectivity index (χ4v) is 4.14. The summed E-state index contributed by atoms with van der Waals surface area (Å²) >= 11 is 0. The maximum absolute atomic E-state index is 12.5. The average molecular weight is 286 g/mol. The van der Waals surface area contributed by atoms with Crippen molar-refractivity contribution in [1.29, 1.82) is 0 Å². The summed E-state index contributed by atoms with van der Waals surface area (Å²) < 4.78 is 6.12. The standard InChI is InChI=1S/C16H18N2O3/c1-11(19)17-8-7-16-14(17)9-15(20)18(16)13(10-21-16)12-5-3-2-4-6-12/h2-6,13-14H,7-10H2,1H3/t13-,14+,16-/m0/s1. The van der Waals surface area contributed by atoms with Gasteiger partial charge in [-0.3, -0.25) is 9.59 Å². The Morgan fingerprint density at radius 2 is 2.10 bits per heavy atom. The van der Waals surface area contributed by atoms with E-state index < -0.39 is 5.72 Å². The van der Waals surface area contributed by atoms with Gasteiger partial charge in [-0.1, -0.05) is 30.3 Å². The molecule has 0 N–H and O–H groups in total. The second-order valence-electron chi connectivity index (χ2n) is 6.03. The molecule has 5 nitrogen and oxygen atoms in total. The molecule has 1 aromatic carbocycles. The Hall–Kier alpha value is -1.88. The molecule has 110 valence electrons. The molecule has 3 aliphatic rings. The fraction of sp³-hybridized carbons (Fsp3) is 0.500. The zero-order valence-corrected chi connectivity index (χ0v) is 12.0. The summed E-state index contributed by atoms with van der Waals surface area (Å²) in [5, 5.41) is 0. The van der Waals surface area contributed by atoms with Crippen molar-refractivity contribution in [1.82, 2.24) is 9.80 Å². The van der Waals surface area contributed by atoms with Crippen LogP contribution in [0.4, 0.5) is 0 Å². The summed E-state index contributed by atoms with van der Waals surface area (Å²) in [6.07, 6.45) is 1.09. The molecule has 3 saturated heterocycles. The van der Waals surface area contributed by atoms with Gasteiger partial charge in [0.05, 0.1) is 25.1 Å². The minimum absolute atomic E-state index is 0.0262. The Morgan fingerprint density at radius 1 is 1.33 bits per heavy atom. The van der Waals surface area contributed by atoms with Gasteiger partial charge in [0.1, 0.15) is 0 Å². The first-order valence-electron chi connectivity index (χ1n) is 7.42. The van der Waals surface area contributed by atoms with Crippen molar-refractivity contribution in [3.05, 3.63) is 35.9 Å². The molecule has 21 heavy (non-hydrogen) atoms. The normalized spacial score (nSPS) is 34.2. The molecule has 0 unspecified atom stereocenters. The van der Waals surface area contributed by atoms with Crippen LogP contribution in [-0.4, -0.2) is 46.5 Å². The molecule has 0 aromatic heterocycles. The Labute approximate surface area is 123 Å². The summed E-state index contributed by atoms with van der Waals surface area (Å²) in [6.45, 7) is 2.75. The maximum Gasteiger partial charge on any atom is 0.227 e. The van der Waals surface area contributed by atoms with Crippen molar-refractivity contribution in [3.8, 4) is 0 Å². The largest absolute Gasteiger partial charge is 0.351 e. The summed E-state index contributed by atoms with van der Waals surface area (Å²) in [5.74, 6) is 0.121. The van der Waals surface area contributed by atoms with Crippen LogP contribution in [0.25, 0.3) is 0 Å². The molecule has 4 rings (SSSR count). The van der Waals surface area contributed by atoms with E-state index in [2.05, 4.69) is 0 Å². The van der Waals surface area contributed by atoms with E-state index in [1.54, 1.807) is 11.8 Å². The molecule has 3 fully saturated rings. The van der Waals surface area contributed by atoms with Crippen molar-refractivity contribution >= 4 is 11.8 Å². The molecule has 3 atom stereocenters. The molecule has 1 spiro atoms. The van der Waals surface area contributed by atoms with E-state index in [1.807, 2.05) is 35.2 Å². The van der Waals surface area contributed by atoms with Crippen LogP contribution in [-0.2, 0) is 14.3 Å². The molecule has 5 heteroatoms. The van der Waals surface area contributed by atoms with Gasteiger partial charge in [-0.25, -0.2) is 0 Å². The first-order chi connectivity index (χ1) is 10.1. The summed E-state index contributed by atoms with van der Waals surface area (Å²) in [4.78, 5) is 28.0. The van der Waals surface area contributed by atoms with Crippen LogP contribution in [0.1, 0.15) is 31.4 Å². The summed E-state index contributed by atoms with van der Waals surface area (Å²) in [5.41, 5.74) is 0.508. The highest BCUT2D eigenvalue weighted by molar-refractivity contribution is 5.84. The smallest absolute Gasteiger partial charge is 0.227 e. The summed E-state index contributed by atoms with van der Waals surface area (Å²) in [7, 11) is 0. The molecule has 3 heterocycles. The molecular formula is C16H18N2O3. The predicted octanol–water partition coefficient (Wildman–Crippen LogP) is 1.31. The number of likely N-dealkylation sites (tertiary alicyclic amines) is 1. The third-order valence-corrected chi connectivity index (χ3v) is 5.04. The lowest BCUT2D eigenvalue weighted by Crippen LogP contribution is -2.48. The second-order valence-corrected chi connectivity index (χ2v) is 6.03. The molecule has 0 aliphatic carbocycles. The minimum atomic E-state index is -0.594. The number of carbonyl (C=O) groups excluding carboxylic acids is 2. The second kappa shape index (κ2) is 4.31. The van der Waals surface area contributed by atoms with E-state index in [0.717, 1.165) is 5.56 Å². The van der Waals surface area contributed by atoms with Gasteiger partial charge in [0.2, 0.25) is 11.8 Å². The number of hydrogen-bond acceptors (Lipinski definition) is 3. The van der Waals surface area contributed by atoms with Crippen LogP contribution >= 0.6 is 0 Å². The fourth-order valence-electron chi connectivity index (χ4n) is 4.14. The number of amides is 2. The molecule has 0 radical (unpaired) electrons. The lowest BCUT2D eigenvalue weighted by Gasteiger charge is -2.33. The molecule has 3 aliphatic heterocycles. The van der Waals surface area contributed by atoms with Crippen LogP contribution in [0.15, 0.2) is 30.3 Å². The van der Waals surface area contributed by atoms with Crippen molar-refractivity contribution < 1.29 is 14.3 Å². The van der Waals surface area contributed by atoms with E-state index in [1.165, 1.54) is 0 Å². The van der Waals surface area contributed by atoms with Gasteiger partial charge < -0.3 is 14.5 Å². The van der Waals surface area contributed by atoms with Gasteiger partial charge in [-0.05, 0) is 5.56 Å². The predicted molar refractivity (Wildman–Crippen MR) is 75.1 cm³/mol. The number of nitrogens with zero attached hydrogens (tertiary/aromatic N) is 2. The zero-order valence-electron chi connectivity index (χ0n) is 12.0. The van der Waals surface area contributed by atoms with Crippen LogP contribution < -0.4 is 0 Å². The molecule has 1 aromatic rings. The zero-order chi connectivity index (χ0) is 14.6. The molecule has 2 amide bonds. The van der Waals surface area contributed by atoms with Crippen molar-refractivity contribution in [2.45, 2.75) is 37.6 Å². The minimum Gasteiger partial charge on any atom is -0.351 e. The van der Waals surface area contributed by atoms with Gasteiger partial charge in [-0.2, -0.15) is 0 Å². The van der Waals surface area contributed by atoms with Crippen LogP contribution in [0, 0.1) is 0 Å². The van der Waals surface area contributed by atoms with Gasteiger partial charge in [-0.15, -0.1) is 0 Å². The number of ether oxygens (including phenoxy) is 1. The van der Waals surface area contributed by atoms with E-state index in [4.69, 9.17) is 4.74 Å². The van der Waals surface area contributed by atoms with Crippen LogP contribution in [0.2, 0.25) is 0 Å². The molecule has 0 bridgehead atoms. The van der Waals surface area contributed by atoms with Crippen molar-refractivity contribution in [2.24, 2.45) is 0 Å². The number of hydrogen-bond donors (Lipinski definition) is 0. The van der Waals surface area contributed by atoms with E-state index in [9.17, 15) is 9.59 Å². The average Bonchev–Trinajstić information content (AvgIpc) is 3.09. The highest BCUT2D eigenvalue weighted by atomic mass is 16.5. The first-order valence-corrected chi connectivity index (χ1v) is 7.42. The quantitative estimate of drug-likeness (QED) is 0.782. The first kappa shape index (κ1) is 12.8. The molecular weight excluding hydrogens is 268 g/mol. The number of benzene rings is 1. The topological polar surface area (TPSA) is 49.9 Å². The van der Waals surface area contributed by atoms with Crippen LogP contribution in [0.3, 0.4) is 0 Å². The lowest BCUT2D eigenvalue weighted by molar-refractivity contribution is -0.140. The third kappa shape index (κ3) is 1.61. The van der Waals surface area contributed by atoms with Crippen LogP contribution in [0.5, 0.6) is 0 Å². The highest BCUT2D eigenvalue weighted by Crippen LogP contribution is 2.51. The van der Waals surface area contributed by atoms with Crippen molar-refractivity contribution in [2.75, 3.05) is 13.2 Å². The maximum atomic E-state index is 12.5. The van der Waals surface area contributed by atoms with Gasteiger partial charge in [0.25, 0.3) is 0 Å². The molecule has 0 saturated carbocycles. The van der Waals surface area contributed by atoms with Crippen molar-refractivity contribution in [3.63, 3.8) is 0 Å². The Morgan fingerprint density at radius 3 is 2.81 bits per heavy atom. The monoisotopic (exact) mass is 286 g/mol. The van der Waals surface area contributed by atoms with E-state index >= 15 is 0 Å². The highest BCUT2D eigenvalue weighted by Gasteiger charge is 2.65. The summed E-state index contributed by atoms with van der Waals surface area (Å²) in [6, 6.07) is 9.84. The third-order valence-electron chi connectivity index (χ3n) is 5.04. The lowest BCUT2D eigenvalue weighted by atomic mass is 10.0. The van der Waals surface area contributed by atoms with E-state index in [0.29, 0.717) is 26.0 Å². The SMILES string of the molecule is CC(=O)N1CC[C@@]23OC[C@@H](c4ccccc4)N2C(=O)C[C@@H]13. The van der Waals surface area contributed by atoms with Gasteiger partial charge >= 0.3 is 0 Å². The number of carbonyl (C=O) groups is 2. The Balaban J connectivity index is 1.72. The van der Waals surface area contributed by atoms with Gasteiger partial charge in [0, 0.05) is 19.9 Å². The Bertz CT molecular complexity index is 603. The Kier molecular flexibility index (Phi) is 2.63. The van der Waals surface area contributed by atoms with E-state index in [-0.39, 0.29) is 23.9 Å². The van der Waals surface area contributed by atoms with Gasteiger partial charge in [0.15, 0.2) is 5.72 Å².